The maximum Gasteiger partial charge on any atom is 0.268 e. The lowest BCUT2D eigenvalue weighted by Gasteiger charge is -2.18. The summed E-state index contributed by atoms with van der Waals surface area (Å²) >= 11 is 3.41. The topological polar surface area (TPSA) is 77.0 Å². The van der Waals surface area contributed by atoms with Gasteiger partial charge in [-0.3, -0.25) is 4.79 Å². The molecule has 0 heterocycles. The number of nitrogens with one attached hydrogen (secondary N) is 4. The Hall–Kier alpha value is -2.41. The summed E-state index contributed by atoms with van der Waals surface area (Å²) in [4.78, 5) is 12.2. The molecule has 1 amide bonds. The molecule has 1 aromatic rings. The molecule has 0 bridgehead atoms. The van der Waals surface area contributed by atoms with Crippen molar-refractivity contribution in [3.63, 3.8) is 0 Å². The molecule has 0 spiro atoms. The molecule has 1 aliphatic carbocycles. The van der Waals surface area contributed by atoms with Gasteiger partial charge in [0.15, 0.2) is 0 Å². The van der Waals surface area contributed by atoms with Crippen molar-refractivity contribution in [1.82, 2.24) is 10.6 Å². The highest BCUT2D eigenvalue weighted by atomic mass is 79.9. The van der Waals surface area contributed by atoms with E-state index < -0.39 is 0 Å². The second kappa shape index (κ2) is 7.23. The molecule has 0 aliphatic heterocycles. The number of halogens is 2. The number of benzene rings is 1. The van der Waals surface area contributed by atoms with Crippen molar-refractivity contribution in [2.45, 2.75) is 0 Å². The molecule has 0 fully saturated rings. The lowest BCUT2D eigenvalue weighted by atomic mass is 10.0. The molecule has 1 aromatic carbocycles. The van der Waals surface area contributed by atoms with Gasteiger partial charge in [0.25, 0.3) is 5.91 Å². The lowest BCUT2D eigenvalue weighted by molar-refractivity contribution is -0.116. The van der Waals surface area contributed by atoms with Crippen molar-refractivity contribution in [3.8, 4) is 0 Å². The number of carbonyl (C=O) groups excluding carboxylic acids is 1. The number of rotatable bonds is 4. The number of anilines is 1. The van der Waals surface area contributed by atoms with E-state index in [1.807, 2.05) is 0 Å². The summed E-state index contributed by atoms with van der Waals surface area (Å²) in [5.41, 5.74) is 2.13. The first-order chi connectivity index (χ1) is 11.0. The Morgan fingerprint density at radius 1 is 1.17 bits per heavy atom. The average molecular weight is 379 g/mol. The molecule has 0 aromatic heterocycles. The maximum absolute atomic E-state index is 13.0. The van der Waals surface area contributed by atoms with Gasteiger partial charge in [-0.1, -0.05) is 0 Å². The van der Waals surface area contributed by atoms with Gasteiger partial charge in [-0.2, -0.15) is 0 Å². The predicted molar refractivity (Wildman–Crippen MR) is 93.0 cm³/mol. The molecule has 23 heavy (non-hydrogen) atoms. The zero-order chi connectivity index (χ0) is 17.0. The highest BCUT2D eigenvalue weighted by Crippen LogP contribution is 2.26. The van der Waals surface area contributed by atoms with Crippen LogP contribution in [0, 0.1) is 11.2 Å². The minimum absolute atomic E-state index is 0.186. The smallest absolute Gasteiger partial charge is 0.268 e. The van der Waals surface area contributed by atoms with Gasteiger partial charge < -0.3 is 21.4 Å². The van der Waals surface area contributed by atoms with E-state index in [-0.39, 0.29) is 23.1 Å². The predicted octanol–water partition coefficient (Wildman–Crippen LogP) is 2.65. The van der Waals surface area contributed by atoms with E-state index in [1.165, 1.54) is 31.3 Å². The van der Waals surface area contributed by atoms with E-state index >= 15 is 0 Å². The first-order valence-corrected chi connectivity index (χ1v) is 7.60. The minimum atomic E-state index is -0.369. The fourth-order valence-electron chi connectivity index (χ4n) is 2.02. The van der Waals surface area contributed by atoms with Crippen molar-refractivity contribution >= 4 is 33.2 Å². The van der Waals surface area contributed by atoms with Crippen LogP contribution >= 0.6 is 15.9 Å². The summed E-state index contributed by atoms with van der Waals surface area (Å²) in [6, 6.07) is 5.65. The van der Waals surface area contributed by atoms with E-state index in [9.17, 15) is 9.18 Å². The van der Waals surface area contributed by atoms with Crippen molar-refractivity contribution in [3.05, 3.63) is 63.7 Å². The second-order valence-electron chi connectivity index (χ2n) is 4.71. The molecular formula is C16H16BrFN4O. The van der Waals surface area contributed by atoms with E-state index in [0.29, 0.717) is 11.3 Å². The molecule has 4 N–H and O–H groups in total. The fraction of sp³-hybridized carbons (Fsp3) is 0.125. The number of hydrogen-bond donors (Lipinski definition) is 4. The van der Waals surface area contributed by atoms with E-state index in [4.69, 9.17) is 5.41 Å². The van der Waals surface area contributed by atoms with Crippen LogP contribution in [0.2, 0.25) is 0 Å². The van der Waals surface area contributed by atoms with Gasteiger partial charge in [-0.05, 0) is 52.3 Å². The summed E-state index contributed by atoms with van der Waals surface area (Å²) in [6.45, 7) is 0. The third-order valence-electron chi connectivity index (χ3n) is 3.21. The first-order valence-electron chi connectivity index (χ1n) is 6.81. The van der Waals surface area contributed by atoms with Crippen molar-refractivity contribution in [1.29, 1.82) is 5.41 Å². The Balaban J connectivity index is 2.46. The minimum Gasteiger partial charge on any atom is -0.387 e. The number of likely N-dealkylation sites (N-methyl/N-ethyl adjacent to an activating group) is 2. The Labute approximate surface area is 142 Å². The third-order valence-corrected chi connectivity index (χ3v) is 3.87. The van der Waals surface area contributed by atoms with Gasteiger partial charge in [0.05, 0.1) is 11.4 Å². The largest absolute Gasteiger partial charge is 0.387 e. The molecule has 0 saturated carbocycles. The van der Waals surface area contributed by atoms with Crippen molar-refractivity contribution in [2.75, 3.05) is 19.4 Å². The molecule has 1 aliphatic rings. The molecule has 0 unspecified atom stereocenters. The van der Waals surface area contributed by atoms with Crippen LogP contribution in [0.3, 0.4) is 0 Å². The number of amides is 1. The van der Waals surface area contributed by atoms with Crippen molar-refractivity contribution < 1.29 is 9.18 Å². The van der Waals surface area contributed by atoms with E-state index in [0.717, 1.165) is 10.2 Å². The molecule has 0 atom stereocenters. The summed E-state index contributed by atoms with van der Waals surface area (Å²) in [6.07, 6.45) is 3.31. The van der Waals surface area contributed by atoms with Gasteiger partial charge in [0.1, 0.15) is 11.5 Å². The molecule has 0 saturated heterocycles. The van der Waals surface area contributed by atoms with Gasteiger partial charge in [0, 0.05) is 29.8 Å². The molecule has 5 nitrogen and oxygen atoms in total. The number of hydrogen-bond acceptors (Lipinski definition) is 4. The quantitative estimate of drug-likeness (QED) is 0.608. The van der Waals surface area contributed by atoms with Crippen LogP contribution in [0.25, 0.3) is 0 Å². The van der Waals surface area contributed by atoms with Crippen LogP contribution in [0.1, 0.15) is 0 Å². The lowest BCUT2D eigenvalue weighted by Crippen LogP contribution is -2.28. The van der Waals surface area contributed by atoms with E-state index in [1.54, 1.807) is 19.2 Å². The summed E-state index contributed by atoms with van der Waals surface area (Å²) in [5.74, 6) is -0.730. The van der Waals surface area contributed by atoms with Gasteiger partial charge >= 0.3 is 0 Å². The molecule has 7 heteroatoms. The third kappa shape index (κ3) is 3.87. The van der Waals surface area contributed by atoms with Gasteiger partial charge in [0.2, 0.25) is 0 Å². The second-order valence-corrected chi connectivity index (χ2v) is 5.57. The van der Waals surface area contributed by atoms with Crippen LogP contribution in [0.4, 0.5) is 10.1 Å². The van der Waals surface area contributed by atoms with Crippen LogP contribution in [0.5, 0.6) is 0 Å². The summed E-state index contributed by atoms with van der Waals surface area (Å²) < 4.78 is 13.7. The van der Waals surface area contributed by atoms with Gasteiger partial charge in [-0.25, -0.2) is 4.39 Å². The molecule has 2 rings (SSSR count). The fourth-order valence-corrected chi connectivity index (χ4v) is 2.56. The Morgan fingerprint density at radius 2 is 1.83 bits per heavy atom. The van der Waals surface area contributed by atoms with Crippen LogP contribution in [-0.4, -0.2) is 25.7 Å². The zero-order valence-electron chi connectivity index (χ0n) is 12.6. The van der Waals surface area contributed by atoms with Crippen molar-refractivity contribution in [2.24, 2.45) is 0 Å². The Kier molecular flexibility index (Phi) is 5.33. The normalized spacial score (nSPS) is 16.3. The van der Waals surface area contributed by atoms with Crippen LogP contribution in [0.15, 0.2) is 57.9 Å². The molecular weight excluding hydrogens is 363 g/mol. The summed E-state index contributed by atoms with van der Waals surface area (Å²) in [7, 11) is 3.26. The van der Waals surface area contributed by atoms with E-state index in [2.05, 4.69) is 31.9 Å². The molecule has 0 radical (unpaired) electrons. The number of carbonyl (C=O) groups is 1. The molecule has 120 valence electrons. The van der Waals surface area contributed by atoms with Gasteiger partial charge in [-0.15, -0.1) is 0 Å². The monoisotopic (exact) mass is 378 g/mol. The first kappa shape index (κ1) is 17.0. The highest BCUT2D eigenvalue weighted by Gasteiger charge is 2.20. The zero-order valence-corrected chi connectivity index (χ0v) is 14.2. The Morgan fingerprint density at radius 3 is 2.39 bits per heavy atom. The summed E-state index contributed by atoms with van der Waals surface area (Å²) in [5, 5.41) is 16.6. The van der Waals surface area contributed by atoms with Crippen LogP contribution in [-0.2, 0) is 4.79 Å². The SMILES string of the molecule is CNC(=O)/C(Nc1ccc(F)cc1)=C1\C=C(Br)C(NC)=CC1=N. The maximum atomic E-state index is 13.0. The standard InChI is InChI=1S/C16H16BrFN4O/c1-20-14-8-13(19)11(7-12(14)17)15(16(23)21-2)22-10-5-3-9(18)4-6-10/h3-8,19-20,22H,1-2H3,(H,21,23)/b15-11-,19-13?. The number of allylic oxidation sites excluding steroid dienone is 4. The van der Waals surface area contributed by atoms with Crippen LogP contribution < -0.4 is 16.0 Å². The Bertz CT molecular complexity index is 735. The highest BCUT2D eigenvalue weighted by molar-refractivity contribution is 9.12. The average Bonchev–Trinajstić information content (AvgIpc) is 2.55.